The van der Waals surface area contributed by atoms with Crippen LogP contribution in [0.3, 0.4) is 0 Å². The molecule has 0 unspecified atom stereocenters. The topological polar surface area (TPSA) is 34.1 Å². The molecule has 1 N–H and O–H groups in total. The molecule has 0 saturated carbocycles. The smallest absolute Gasteiger partial charge is 0.406 e. The molecule has 1 heterocycles. The Morgan fingerprint density at radius 1 is 1.33 bits per heavy atom. The lowest BCUT2D eigenvalue weighted by atomic mass is 10.2. The van der Waals surface area contributed by atoms with E-state index in [9.17, 15) is 13.2 Å². The Morgan fingerprint density at radius 3 is 2.76 bits per heavy atom. The normalized spacial score (nSPS) is 11.9. The van der Waals surface area contributed by atoms with Gasteiger partial charge in [-0.1, -0.05) is 26.0 Å². The minimum absolute atomic E-state index is 0.239. The second kappa shape index (κ2) is 6.44. The molecule has 0 saturated heterocycles. The van der Waals surface area contributed by atoms with Gasteiger partial charge in [0.25, 0.3) is 0 Å². The third-order valence-electron chi connectivity index (χ3n) is 2.56. The first kappa shape index (κ1) is 15.8. The lowest BCUT2D eigenvalue weighted by molar-refractivity contribution is -0.274. The van der Waals surface area contributed by atoms with Crippen LogP contribution in [0.25, 0.3) is 10.6 Å². The molecule has 1 aromatic heterocycles. The largest absolute Gasteiger partial charge is 0.573 e. The first-order valence-electron chi connectivity index (χ1n) is 6.37. The Hall–Kier alpha value is -1.60. The zero-order valence-electron chi connectivity index (χ0n) is 11.6. The summed E-state index contributed by atoms with van der Waals surface area (Å²) in [6, 6.07) is 6.18. The molecule has 3 nitrogen and oxygen atoms in total. The molecule has 7 heteroatoms. The minimum atomic E-state index is -4.69. The first-order valence-corrected chi connectivity index (χ1v) is 7.25. The zero-order chi connectivity index (χ0) is 15.5. The number of benzene rings is 1. The molecule has 0 aliphatic rings. The van der Waals surface area contributed by atoms with Crippen LogP contribution in [0, 0.1) is 0 Å². The van der Waals surface area contributed by atoms with Gasteiger partial charge in [0.2, 0.25) is 0 Å². The third kappa shape index (κ3) is 5.02. The SMILES string of the molecule is CC(C)NCc1csc(-c2cccc(OC(F)(F)F)c2)n1. The van der Waals surface area contributed by atoms with Crippen LogP contribution in [-0.2, 0) is 6.54 Å². The van der Waals surface area contributed by atoms with E-state index in [0.29, 0.717) is 23.2 Å². The van der Waals surface area contributed by atoms with Crippen LogP contribution in [0.2, 0.25) is 0 Å². The molecular weight excluding hydrogens is 301 g/mol. The van der Waals surface area contributed by atoms with Crippen molar-refractivity contribution in [1.29, 1.82) is 0 Å². The predicted octanol–water partition coefficient (Wildman–Crippen LogP) is 4.21. The Morgan fingerprint density at radius 2 is 2.10 bits per heavy atom. The zero-order valence-corrected chi connectivity index (χ0v) is 12.4. The molecule has 0 bridgehead atoms. The highest BCUT2D eigenvalue weighted by Gasteiger charge is 2.31. The van der Waals surface area contributed by atoms with Crippen molar-refractivity contribution < 1.29 is 17.9 Å². The molecule has 0 aliphatic heterocycles. The fourth-order valence-electron chi connectivity index (χ4n) is 1.66. The van der Waals surface area contributed by atoms with Crippen molar-refractivity contribution in [1.82, 2.24) is 10.3 Å². The fraction of sp³-hybridized carbons (Fsp3) is 0.357. The van der Waals surface area contributed by atoms with E-state index in [2.05, 4.69) is 15.0 Å². The van der Waals surface area contributed by atoms with Gasteiger partial charge in [0, 0.05) is 23.5 Å². The van der Waals surface area contributed by atoms with Crippen LogP contribution in [-0.4, -0.2) is 17.4 Å². The highest BCUT2D eigenvalue weighted by molar-refractivity contribution is 7.13. The summed E-state index contributed by atoms with van der Waals surface area (Å²) >= 11 is 1.39. The lowest BCUT2D eigenvalue weighted by Gasteiger charge is -2.09. The number of rotatable bonds is 5. The quantitative estimate of drug-likeness (QED) is 0.897. The van der Waals surface area contributed by atoms with E-state index in [0.717, 1.165) is 5.69 Å². The van der Waals surface area contributed by atoms with Gasteiger partial charge in [0.05, 0.1) is 5.69 Å². The summed E-state index contributed by atoms with van der Waals surface area (Å²) in [5.74, 6) is -0.239. The van der Waals surface area contributed by atoms with Crippen LogP contribution < -0.4 is 10.1 Å². The number of nitrogens with one attached hydrogen (secondary N) is 1. The van der Waals surface area contributed by atoms with Crippen molar-refractivity contribution >= 4 is 11.3 Å². The number of nitrogens with zero attached hydrogens (tertiary/aromatic N) is 1. The molecule has 0 radical (unpaired) electrons. The lowest BCUT2D eigenvalue weighted by Crippen LogP contribution is -2.21. The summed E-state index contributed by atoms with van der Waals surface area (Å²) < 4.78 is 40.6. The van der Waals surface area contributed by atoms with Gasteiger partial charge in [-0.05, 0) is 12.1 Å². The predicted molar refractivity (Wildman–Crippen MR) is 76.2 cm³/mol. The monoisotopic (exact) mass is 316 g/mol. The Kier molecular flexibility index (Phi) is 4.84. The van der Waals surface area contributed by atoms with E-state index >= 15 is 0 Å². The Bertz CT molecular complexity index is 596. The van der Waals surface area contributed by atoms with Gasteiger partial charge in [-0.3, -0.25) is 0 Å². The maximum atomic E-state index is 12.2. The van der Waals surface area contributed by atoms with Crippen molar-refractivity contribution in [3.05, 3.63) is 35.3 Å². The van der Waals surface area contributed by atoms with Crippen molar-refractivity contribution in [3.63, 3.8) is 0 Å². The summed E-state index contributed by atoms with van der Waals surface area (Å²) in [7, 11) is 0. The summed E-state index contributed by atoms with van der Waals surface area (Å²) in [6.45, 7) is 4.70. The number of alkyl halides is 3. The number of thiazole rings is 1. The standard InChI is InChI=1S/C14H15F3N2OS/c1-9(2)18-7-11-8-21-13(19-11)10-4-3-5-12(6-10)20-14(15,16)17/h3-6,8-9,18H,7H2,1-2H3. The average molecular weight is 316 g/mol. The number of ether oxygens (including phenoxy) is 1. The van der Waals surface area contributed by atoms with E-state index in [1.165, 1.54) is 29.5 Å². The number of hydrogen-bond donors (Lipinski definition) is 1. The maximum absolute atomic E-state index is 12.2. The fourth-order valence-corrected chi connectivity index (χ4v) is 2.47. The summed E-state index contributed by atoms with van der Waals surface area (Å²) in [6.07, 6.45) is -4.69. The second-order valence-corrected chi connectivity index (χ2v) is 5.61. The average Bonchev–Trinajstić information content (AvgIpc) is 2.83. The van der Waals surface area contributed by atoms with E-state index in [4.69, 9.17) is 0 Å². The van der Waals surface area contributed by atoms with Crippen molar-refractivity contribution in [2.45, 2.75) is 32.8 Å². The Labute approximate surface area is 124 Å². The molecule has 0 spiro atoms. The van der Waals surface area contributed by atoms with Crippen molar-refractivity contribution in [3.8, 4) is 16.3 Å². The molecule has 114 valence electrons. The molecule has 0 fully saturated rings. The highest BCUT2D eigenvalue weighted by Crippen LogP contribution is 2.29. The number of aromatic nitrogens is 1. The molecule has 2 aromatic rings. The van der Waals surface area contributed by atoms with Gasteiger partial charge in [-0.15, -0.1) is 24.5 Å². The van der Waals surface area contributed by atoms with Crippen LogP contribution in [0.1, 0.15) is 19.5 Å². The summed E-state index contributed by atoms with van der Waals surface area (Å²) in [4.78, 5) is 4.41. The van der Waals surface area contributed by atoms with Gasteiger partial charge >= 0.3 is 6.36 Å². The van der Waals surface area contributed by atoms with E-state index in [-0.39, 0.29) is 5.75 Å². The maximum Gasteiger partial charge on any atom is 0.573 e. The molecule has 2 rings (SSSR count). The number of halogens is 3. The summed E-state index contributed by atoms with van der Waals surface area (Å²) in [5.41, 5.74) is 1.48. The highest BCUT2D eigenvalue weighted by atomic mass is 32.1. The molecule has 0 aliphatic carbocycles. The van der Waals surface area contributed by atoms with Gasteiger partial charge in [0.15, 0.2) is 0 Å². The van der Waals surface area contributed by atoms with Crippen LogP contribution in [0.4, 0.5) is 13.2 Å². The molecule has 1 aromatic carbocycles. The first-order chi connectivity index (χ1) is 9.83. The van der Waals surface area contributed by atoms with E-state index in [1.54, 1.807) is 6.07 Å². The molecule has 0 amide bonds. The van der Waals surface area contributed by atoms with Crippen LogP contribution >= 0.6 is 11.3 Å². The van der Waals surface area contributed by atoms with E-state index in [1.807, 2.05) is 19.2 Å². The van der Waals surface area contributed by atoms with E-state index < -0.39 is 6.36 Å². The molecular formula is C14H15F3N2OS. The summed E-state index contributed by atoms with van der Waals surface area (Å²) in [5, 5.41) is 5.80. The van der Waals surface area contributed by atoms with Gasteiger partial charge < -0.3 is 10.1 Å². The minimum Gasteiger partial charge on any atom is -0.406 e. The van der Waals surface area contributed by atoms with Gasteiger partial charge in [-0.25, -0.2) is 4.98 Å². The molecule has 0 atom stereocenters. The molecule has 21 heavy (non-hydrogen) atoms. The second-order valence-electron chi connectivity index (χ2n) is 4.76. The Balaban J connectivity index is 2.13. The van der Waals surface area contributed by atoms with Crippen molar-refractivity contribution in [2.24, 2.45) is 0 Å². The number of hydrogen-bond acceptors (Lipinski definition) is 4. The third-order valence-corrected chi connectivity index (χ3v) is 3.50. The van der Waals surface area contributed by atoms with Crippen LogP contribution in [0.5, 0.6) is 5.75 Å². The van der Waals surface area contributed by atoms with Crippen LogP contribution in [0.15, 0.2) is 29.6 Å². The van der Waals surface area contributed by atoms with Gasteiger partial charge in [-0.2, -0.15) is 0 Å². The van der Waals surface area contributed by atoms with Crippen molar-refractivity contribution in [2.75, 3.05) is 0 Å². The van der Waals surface area contributed by atoms with Gasteiger partial charge in [0.1, 0.15) is 10.8 Å².